The lowest BCUT2D eigenvalue weighted by Crippen LogP contribution is -2.50. The highest BCUT2D eigenvalue weighted by atomic mass is 32.2. The quantitative estimate of drug-likeness (QED) is 0.801. The van der Waals surface area contributed by atoms with E-state index in [1.54, 1.807) is 17.3 Å². The first-order valence-corrected chi connectivity index (χ1v) is 10.2. The number of sulfonamides is 1. The molecule has 0 unspecified atom stereocenters. The summed E-state index contributed by atoms with van der Waals surface area (Å²) >= 11 is 1.49. The Balaban J connectivity index is 1.59. The summed E-state index contributed by atoms with van der Waals surface area (Å²) in [5.41, 5.74) is 1.66. The van der Waals surface area contributed by atoms with Crippen LogP contribution >= 0.6 is 11.3 Å². The molecule has 0 saturated carbocycles. The van der Waals surface area contributed by atoms with E-state index in [1.165, 1.54) is 21.9 Å². The first-order chi connectivity index (χ1) is 11.4. The third-order valence-corrected chi connectivity index (χ3v) is 6.10. The molecule has 1 saturated heterocycles. The summed E-state index contributed by atoms with van der Waals surface area (Å²) < 4.78 is 24.4. The molecule has 2 aromatic rings. The lowest BCUT2D eigenvalue weighted by molar-refractivity contribution is -0.131. The maximum Gasteiger partial charge on any atom is 0.228 e. The van der Waals surface area contributed by atoms with Crippen molar-refractivity contribution in [2.24, 2.45) is 0 Å². The van der Waals surface area contributed by atoms with Crippen LogP contribution in [0.5, 0.6) is 0 Å². The Kier molecular flexibility index (Phi) is 4.93. The summed E-state index contributed by atoms with van der Waals surface area (Å²) in [7, 11) is -3.18. The van der Waals surface area contributed by atoms with Crippen molar-refractivity contribution in [3.8, 4) is 10.6 Å². The lowest BCUT2D eigenvalue weighted by Gasteiger charge is -2.33. The van der Waals surface area contributed by atoms with E-state index in [9.17, 15) is 13.2 Å². The molecular formula is C15H18N4O3S2. The summed E-state index contributed by atoms with van der Waals surface area (Å²) in [4.78, 5) is 22.6. The highest BCUT2D eigenvalue weighted by Crippen LogP contribution is 2.23. The minimum absolute atomic E-state index is 0.0220. The molecule has 9 heteroatoms. The van der Waals surface area contributed by atoms with Gasteiger partial charge in [0.15, 0.2) is 0 Å². The molecule has 0 aliphatic carbocycles. The molecule has 0 radical (unpaired) electrons. The van der Waals surface area contributed by atoms with E-state index < -0.39 is 10.0 Å². The van der Waals surface area contributed by atoms with Gasteiger partial charge >= 0.3 is 0 Å². The standard InChI is InChI=1S/C15H18N4O3S2/c1-24(21,22)19-7-5-18(6-8-19)14(20)9-13-11-23-15(17-13)12-3-2-4-16-10-12/h2-4,10-11H,5-9H2,1H3. The van der Waals surface area contributed by atoms with Crippen molar-refractivity contribution in [3.63, 3.8) is 0 Å². The van der Waals surface area contributed by atoms with Crippen LogP contribution in [0.3, 0.4) is 0 Å². The molecule has 1 amide bonds. The highest BCUT2D eigenvalue weighted by molar-refractivity contribution is 7.88. The summed E-state index contributed by atoms with van der Waals surface area (Å²) in [5.74, 6) is -0.0220. The Morgan fingerprint density at radius 1 is 1.29 bits per heavy atom. The van der Waals surface area contributed by atoms with Gasteiger partial charge in [-0.3, -0.25) is 9.78 Å². The number of amides is 1. The van der Waals surface area contributed by atoms with E-state index in [2.05, 4.69) is 9.97 Å². The first kappa shape index (κ1) is 17.0. The molecule has 3 heterocycles. The van der Waals surface area contributed by atoms with Gasteiger partial charge in [-0.2, -0.15) is 4.31 Å². The van der Waals surface area contributed by atoms with Gasteiger partial charge in [0.25, 0.3) is 0 Å². The molecule has 0 N–H and O–H groups in total. The highest BCUT2D eigenvalue weighted by Gasteiger charge is 2.26. The summed E-state index contributed by atoms with van der Waals surface area (Å²) in [5, 5.41) is 2.72. The van der Waals surface area contributed by atoms with Crippen LogP contribution in [-0.2, 0) is 21.2 Å². The first-order valence-electron chi connectivity index (χ1n) is 7.51. The van der Waals surface area contributed by atoms with E-state index in [0.717, 1.165) is 16.3 Å². The van der Waals surface area contributed by atoms with Crippen molar-refractivity contribution in [2.75, 3.05) is 32.4 Å². The number of hydrogen-bond acceptors (Lipinski definition) is 6. The molecule has 0 aromatic carbocycles. The van der Waals surface area contributed by atoms with Crippen LogP contribution in [0.1, 0.15) is 5.69 Å². The van der Waals surface area contributed by atoms with Gasteiger partial charge < -0.3 is 4.90 Å². The maximum absolute atomic E-state index is 12.4. The monoisotopic (exact) mass is 366 g/mol. The molecule has 2 aromatic heterocycles. The number of piperazine rings is 1. The number of rotatable bonds is 4. The number of thiazole rings is 1. The fraction of sp³-hybridized carbons (Fsp3) is 0.400. The van der Waals surface area contributed by atoms with Gasteiger partial charge in [0, 0.05) is 49.5 Å². The largest absolute Gasteiger partial charge is 0.340 e. The van der Waals surface area contributed by atoms with Crippen LogP contribution in [0.2, 0.25) is 0 Å². The third-order valence-electron chi connectivity index (χ3n) is 3.85. The average molecular weight is 366 g/mol. The van der Waals surface area contributed by atoms with Crippen LogP contribution in [-0.4, -0.2) is 65.9 Å². The van der Waals surface area contributed by atoms with Crippen molar-refractivity contribution >= 4 is 27.3 Å². The number of aromatic nitrogens is 2. The molecule has 1 aliphatic heterocycles. The predicted molar refractivity (Wildman–Crippen MR) is 92.0 cm³/mol. The molecular weight excluding hydrogens is 348 g/mol. The Hall–Kier alpha value is -1.84. The van der Waals surface area contributed by atoms with Crippen molar-refractivity contribution in [3.05, 3.63) is 35.6 Å². The number of pyridine rings is 1. The van der Waals surface area contributed by atoms with Crippen molar-refractivity contribution in [2.45, 2.75) is 6.42 Å². The van der Waals surface area contributed by atoms with E-state index in [4.69, 9.17) is 0 Å². The Morgan fingerprint density at radius 3 is 2.67 bits per heavy atom. The van der Waals surface area contributed by atoms with Crippen molar-refractivity contribution < 1.29 is 13.2 Å². The molecule has 7 nitrogen and oxygen atoms in total. The molecule has 0 spiro atoms. The Morgan fingerprint density at radius 2 is 2.04 bits per heavy atom. The zero-order chi connectivity index (χ0) is 17.2. The van der Waals surface area contributed by atoms with E-state index in [1.807, 2.05) is 17.5 Å². The summed E-state index contributed by atoms with van der Waals surface area (Å²) in [6, 6.07) is 3.78. The average Bonchev–Trinajstić information content (AvgIpc) is 3.03. The van der Waals surface area contributed by atoms with Gasteiger partial charge in [-0.05, 0) is 12.1 Å². The molecule has 24 heavy (non-hydrogen) atoms. The molecule has 3 rings (SSSR count). The molecule has 0 bridgehead atoms. The SMILES string of the molecule is CS(=O)(=O)N1CCN(C(=O)Cc2csc(-c3cccnc3)n2)CC1. The van der Waals surface area contributed by atoms with Gasteiger partial charge in [-0.25, -0.2) is 13.4 Å². The molecule has 128 valence electrons. The molecule has 1 fully saturated rings. The topological polar surface area (TPSA) is 83.5 Å². The minimum Gasteiger partial charge on any atom is -0.340 e. The fourth-order valence-electron chi connectivity index (χ4n) is 2.55. The normalized spacial score (nSPS) is 16.3. The third kappa shape index (κ3) is 3.97. The van der Waals surface area contributed by atoms with Crippen LogP contribution in [0, 0.1) is 0 Å². The summed E-state index contributed by atoms with van der Waals surface area (Å²) in [6.45, 7) is 1.54. The molecule has 0 atom stereocenters. The van der Waals surface area contributed by atoms with Gasteiger partial charge in [0.2, 0.25) is 15.9 Å². The molecule has 1 aliphatic rings. The zero-order valence-corrected chi connectivity index (χ0v) is 14.9. The van der Waals surface area contributed by atoms with Crippen LogP contribution in [0.15, 0.2) is 29.9 Å². The zero-order valence-electron chi connectivity index (χ0n) is 13.3. The second-order valence-electron chi connectivity index (χ2n) is 5.61. The van der Waals surface area contributed by atoms with Crippen molar-refractivity contribution in [1.82, 2.24) is 19.2 Å². The number of hydrogen-bond donors (Lipinski definition) is 0. The van der Waals surface area contributed by atoms with Gasteiger partial charge in [-0.15, -0.1) is 11.3 Å². The van der Waals surface area contributed by atoms with Gasteiger partial charge in [0.05, 0.1) is 18.4 Å². The second-order valence-corrected chi connectivity index (χ2v) is 8.45. The van der Waals surface area contributed by atoms with E-state index in [-0.39, 0.29) is 12.3 Å². The number of nitrogens with zero attached hydrogens (tertiary/aromatic N) is 4. The Labute approximate surface area is 145 Å². The number of carbonyl (C=O) groups is 1. The summed E-state index contributed by atoms with van der Waals surface area (Å²) in [6.07, 6.45) is 4.88. The van der Waals surface area contributed by atoms with E-state index in [0.29, 0.717) is 26.2 Å². The maximum atomic E-state index is 12.4. The number of carbonyl (C=O) groups excluding carboxylic acids is 1. The lowest BCUT2D eigenvalue weighted by atomic mass is 10.2. The second kappa shape index (κ2) is 6.96. The predicted octanol–water partition coefficient (Wildman–Crippen LogP) is 0.851. The smallest absolute Gasteiger partial charge is 0.228 e. The van der Waals surface area contributed by atoms with Crippen LogP contribution < -0.4 is 0 Å². The van der Waals surface area contributed by atoms with E-state index >= 15 is 0 Å². The Bertz CT molecular complexity index is 812. The minimum atomic E-state index is -3.18. The van der Waals surface area contributed by atoms with Gasteiger partial charge in [-0.1, -0.05) is 0 Å². The fourth-order valence-corrected chi connectivity index (χ4v) is 4.18. The van der Waals surface area contributed by atoms with Crippen LogP contribution in [0.25, 0.3) is 10.6 Å². The van der Waals surface area contributed by atoms with Crippen LogP contribution in [0.4, 0.5) is 0 Å². The van der Waals surface area contributed by atoms with Crippen molar-refractivity contribution in [1.29, 1.82) is 0 Å². The van der Waals surface area contributed by atoms with Gasteiger partial charge in [0.1, 0.15) is 5.01 Å².